The number of rotatable bonds is 5. The van der Waals surface area contributed by atoms with E-state index in [1.165, 1.54) is 18.4 Å². The number of benzene rings is 1. The molecule has 112 valence electrons. The molecule has 0 aromatic heterocycles. The lowest BCUT2D eigenvalue weighted by Crippen LogP contribution is -2.39. The topological polar surface area (TPSA) is 38.5 Å². The second kappa shape index (κ2) is 7.09. The van der Waals surface area contributed by atoms with Crippen LogP contribution in [0, 0.1) is 5.92 Å². The van der Waals surface area contributed by atoms with Gasteiger partial charge in [-0.2, -0.15) is 0 Å². The number of nitrogens with two attached hydrogens (primary N) is 1. The molecule has 0 spiro atoms. The number of likely N-dealkylation sites (tertiary alicyclic amines) is 1. The van der Waals surface area contributed by atoms with Gasteiger partial charge in [0.2, 0.25) is 0 Å². The van der Waals surface area contributed by atoms with E-state index >= 15 is 0 Å². The van der Waals surface area contributed by atoms with E-state index in [2.05, 4.69) is 36.1 Å². The van der Waals surface area contributed by atoms with Gasteiger partial charge in [-0.3, -0.25) is 4.90 Å². The van der Waals surface area contributed by atoms with Gasteiger partial charge in [0, 0.05) is 12.6 Å². The average molecular weight is 276 g/mol. The van der Waals surface area contributed by atoms with Crippen molar-refractivity contribution < 1.29 is 4.74 Å². The van der Waals surface area contributed by atoms with Crippen molar-refractivity contribution in [2.75, 3.05) is 19.6 Å². The van der Waals surface area contributed by atoms with Gasteiger partial charge in [-0.1, -0.05) is 19.1 Å². The van der Waals surface area contributed by atoms with Crippen LogP contribution in [0.25, 0.3) is 0 Å². The zero-order chi connectivity index (χ0) is 14.5. The maximum atomic E-state index is 6.02. The Morgan fingerprint density at radius 1 is 1.20 bits per heavy atom. The van der Waals surface area contributed by atoms with Gasteiger partial charge >= 0.3 is 0 Å². The second-order valence-corrected chi connectivity index (χ2v) is 6.21. The van der Waals surface area contributed by atoms with E-state index in [4.69, 9.17) is 10.5 Å². The van der Waals surface area contributed by atoms with Crippen molar-refractivity contribution in [3.8, 4) is 5.75 Å². The molecule has 0 amide bonds. The number of hydrogen-bond donors (Lipinski definition) is 1. The number of hydrogen-bond acceptors (Lipinski definition) is 3. The Labute approximate surface area is 123 Å². The van der Waals surface area contributed by atoms with Crippen LogP contribution >= 0.6 is 0 Å². The Balaban J connectivity index is 2.03. The third-order valence-corrected chi connectivity index (χ3v) is 4.12. The first-order chi connectivity index (χ1) is 9.60. The van der Waals surface area contributed by atoms with Crippen LogP contribution in [0.3, 0.4) is 0 Å². The Morgan fingerprint density at radius 2 is 1.80 bits per heavy atom. The first kappa shape index (κ1) is 15.3. The van der Waals surface area contributed by atoms with Crippen molar-refractivity contribution in [3.63, 3.8) is 0 Å². The first-order valence-electron chi connectivity index (χ1n) is 7.81. The van der Waals surface area contributed by atoms with Gasteiger partial charge in [-0.25, -0.2) is 0 Å². The fourth-order valence-electron chi connectivity index (χ4n) is 2.88. The van der Waals surface area contributed by atoms with E-state index in [0.29, 0.717) is 12.6 Å². The molecule has 3 nitrogen and oxygen atoms in total. The van der Waals surface area contributed by atoms with Crippen LogP contribution in [-0.4, -0.2) is 30.6 Å². The lowest BCUT2D eigenvalue weighted by molar-refractivity contribution is 0.141. The van der Waals surface area contributed by atoms with Gasteiger partial charge in [-0.05, 0) is 63.4 Å². The molecule has 1 unspecified atom stereocenters. The monoisotopic (exact) mass is 276 g/mol. The SMILES string of the molecule is CC1CCN(C(CN)c2ccc(OC(C)C)cc2)CC1. The third-order valence-electron chi connectivity index (χ3n) is 4.12. The number of nitrogens with zero attached hydrogens (tertiary/aromatic N) is 1. The largest absolute Gasteiger partial charge is 0.491 e. The van der Waals surface area contributed by atoms with E-state index in [9.17, 15) is 0 Å². The molecular formula is C17H28N2O. The Kier molecular flexibility index (Phi) is 5.44. The zero-order valence-electron chi connectivity index (χ0n) is 13.0. The summed E-state index contributed by atoms with van der Waals surface area (Å²) in [5.41, 5.74) is 7.32. The summed E-state index contributed by atoms with van der Waals surface area (Å²) in [5.74, 6) is 1.79. The van der Waals surface area contributed by atoms with Gasteiger partial charge in [-0.15, -0.1) is 0 Å². The summed E-state index contributed by atoms with van der Waals surface area (Å²) in [6.45, 7) is 9.43. The van der Waals surface area contributed by atoms with Crippen molar-refractivity contribution in [2.45, 2.75) is 45.8 Å². The molecule has 1 heterocycles. The maximum absolute atomic E-state index is 6.02. The van der Waals surface area contributed by atoms with Crippen molar-refractivity contribution in [1.82, 2.24) is 4.90 Å². The lowest BCUT2D eigenvalue weighted by Gasteiger charge is -2.36. The zero-order valence-corrected chi connectivity index (χ0v) is 13.0. The van der Waals surface area contributed by atoms with Crippen molar-refractivity contribution in [1.29, 1.82) is 0 Å². The summed E-state index contributed by atoms with van der Waals surface area (Å²) in [6, 6.07) is 8.78. The summed E-state index contributed by atoms with van der Waals surface area (Å²) < 4.78 is 5.70. The molecule has 1 aromatic carbocycles. The predicted molar refractivity (Wildman–Crippen MR) is 84.0 cm³/mol. The summed E-state index contributed by atoms with van der Waals surface area (Å²) in [5, 5.41) is 0. The highest BCUT2D eigenvalue weighted by molar-refractivity contribution is 5.29. The van der Waals surface area contributed by atoms with E-state index < -0.39 is 0 Å². The average Bonchev–Trinajstić information content (AvgIpc) is 2.43. The van der Waals surface area contributed by atoms with Crippen LogP contribution in [-0.2, 0) is 0 Å². The lowest BCUT2D eigenvalue weighted by atomic mass is 9.96. The second-order valence-electron chi connectivity index (χ2n) is 6.21. The standard InChI is InChI=1S/C17H28N2O/c1-13(2)20-16-6-4-15(5-7-16)17(12-18)19-10-8-14(3)9-11-19/h4-7,13-14,17H,8-12,18H2,1-3H3. The molecule has 1 atom stereocenters. The predicted octanol–water partition coefficient (Wildman–Crippen LogP) is 3.21. The fraction of sp³-hybridized carbons (Fsp3) is 0.647. The molecule has 0 bridgehead atoms. The minimum atomic E-state index is 0.217. The van der Waals surface area contributed by atoms with Gasteiger partial charge in [0.1, 0.15) is 5.75 Å². The summed E-state index contributed by atoms with van der Waals surface area (Å²) >= 11 is 0. The van der Waals surface area contributed by atoms with Crippen LogP contribution < -0.4 is 10.5 Å². The van der Waals surface area contributed by atoms with Crippen LogP contribution in [0.15, 0.2) is 24.3 Å². The minimum Gasteiger partial charge on any atom is -0.491 e. The van der Waals surface area contributed by atoms with Crippen LogP contribution in [0.4, 0.5) is 0 Å². The van der Waals surface area contributed by atoms with Crippen molar-refractivity contribution >= 4 is 0 Å². The fourth-order valence-corrected chi connectivity index (χ4v) is 2.88. The summed E-state index contributed by atoms with van der Waals surface area (Å²) in [7, 11) is 0. The van der Waals surface area contributed by atoms with Crippen LogP contribution in [0.5, 0.6) is 5.75 Å². The van der Waals surface area contributed by atoms with E-state index in [0.717, 1.165) is 24.8 Å². The maximum Gasteiger partial charge on any atom is 0.119 e. The van der Waals surface area contributed by atoms with Crippen molar-refractivity contribution in [3.05, 3.63) is 29.8 Å². The molecule has 1 aliphatic heterocycles. The molecule has 2 N–H and O–H groups in total. The molecular weight excluding hydrogens is 248 g/mol. The van der Waals surface area contributed by atoms with Gasteiger partial charge in [0.25, 0.3) is 0 Å². The molecule has 1 aromatic rings. The van der Waals surface area contributed by atoms with Gasteiger partial charge in [0.05, 0.1) is 6.10 Å². The van der Waals surface area contributed by atoms with Crippen molar-refractivity contribution in [2.24, 2.45) is 11.7 Å². The number of ether oxygens (including phenoxy) is 1. The normalized spacial score (nSPS) is 19.2. The molecule has 2 rings (SSSR count). The molecule has 1 saturated heterocycles. The highest BCUT2D eigenvalue weighted by Gasteiger charge is 2.23. The van der Waals surface area contributed by atoms with Gasteiger partial charge < -0.3 is 10.5 Å². The Hall–Kier alpha value is -1.06. The Morgan fingerprint density at radius 3 is 2.30 bits per heavy atom. The van der Waals surface area contributed by atoms with Crippen LogP contribution in [0.1, 0.15) is 45.2 Å². The smallest absolute Gasteiger partial charge is 0.119 e. The first-order valence-corrected chi connectivity index (χ1v) is 7.81. The molecule has 0 aliphatic carbocycles. The highest BCUT2D eigenvalue weighted by atomic mass is 16.5. The van der Waals surface area contributed by atoms with E-state index in [1.807, 2.05) is 13.8 Å². The molecule has 20 heavy (non-hydrogen) atoms. The highest BCUT2D eigenvalue weighted by Crippen LogP contribution is 2.27. The summed E-state index contributed by atoms with van der Waals surface area (Å²) in [4.78, 5) is 2.53. The molecule has 1 aliphatic rings. The molecule has 3 heteroatoms. The van der Waals surface area contributed by atoms with E-state index in [-0.39, 0.29) is 6.10 Å². The van der Waals surface area contributed by atoms with Crippen LogP contribution in [0.2, 0.25) is 0 Å². The van der Waals surface area contributed by atoms with Gasteiger partial charge in [0.15, 0.2) is 0 Å². The summed E-state index contributed by atoms with van der Waals surface area (Å²) in [6.07, 6.45) is 2.78. The Bertz CT molecular complexity index is 394. The molecule has 1 fully saturated rings. The third kappa shape index (κ3) is 3.97. The quantitative estimate of drug-likeness (QED) is 0.897. The minimum absolute atomic E-state index is 0.217. The number of piperidine rings is 1. The molecule has 0 radical (unpaired) electrons. The van der Waals surface area contributed by atoms with E-state index in [1.54, 1.807) is 0 Å². The molecule has 0 saturated carbocycles.